The molecule has 2 unspecified atom stereocenters. The highest BCUT2D eigenvalue weighted by Gasteiger charge is 2.76. The molecular formula is C17H19BrN2O3. The molecule has 2 aliphatic carbocycles. The van der Waals surface area contributed by atoms with Crippen molar-refractivity contribution in [2.75, 3.05) is 5.32 Å². The number of rotatable bonds is 2. The Bertz CT molecular complexity index is 726. The average Bonchev–Trinajstić information content (AvgIpc) is 2.77. The van der Waals surface area contributed by atoms with E-state index >= 15 is 0 Å². The first kappa shape index (κ1) is 16.2. The molecule has 2 N–H and O–H groups in total. The fourth-order valence-corrected chi connectivity index (χ4v) is 4.49. The largest absolute Gasteiger partial charge is 0.411 e. The van der Waals surface area contributed by atoms with Crippen LogP contribution in [0.2, 0.25) is 0 Å². The Morgan fingerprint density at radius 3 is 2.35 bits per heavy atom. The van der Waals surface area contributed by atoms with Crippen LogP contribution in [0.4, 0.5) is 5.69 Å². The lowest BCUT2D eigenvalue weighted by atomic mass is 9.64. The summed E-state index contributed by atoms with van der Waals surface area (Å²) < 4.78 is 0.911. The number of nitrogens with one attached hydrogen (secondary N) is 1. The summed E-state index contributed by atoms with van der Waals surface area (Å²) in [6.45, 7) is 5.73. The van der Waals surface area contributed by atoms with Gasteiger partial charge in [-0.1, -0.05) is 41.9 Å². The summed E-state index contributed by atoms with van der Waals surface area (Å²) in [5.74, 6) is -0.675. The fourth-order valence-electron chi connectivity index (χ4n) is 4.23. The minimum Gasteiger partial charge on any atom is -0.411 e. The Morgan fingerprint density at radius 1 is 1.22 bits per heavy atom. The topological polar surface area (TPSA) is 78.8 Å². The first-order valence-electron chi connectivity index (χ1n) is 7.55. The molecule has 2 atom stereocenters. The third-order valence-corrected chi connectivity index (χ3v) is 6.69. The van der Waals surface area contributed by atoms with Crippen molar-refractivity contribution in [1.82, 2.24) is 0 Å². The maximum absolute atomic E-state index is 13.0. The molecular weight excluding hydrogens is 360 g/mol. The number of hydrogen-bond donors (Lipinski definition) is 2. The second kappa shape index (κ2) is 4.90. The van der Waals surface area contributed by atoms with Crippen LogP contribution in [-0.4, -0.2) is 22.6 Å². The molecule has 1 aromatic rings. The van der Waals surface area contributed by atoms with Gasteiger partial charge >= 0.3 is 0 Å². The molecule has 3 rings (SSSR count). The van der Waals surface area contributed by atoms with E-state index < -0.39 is 16.2 Å². The van der Waals surface area contributed by atoms with Gasteiger partial charge < -0.3 is 10.5 Å². The predicted octanol–water partition coefficient (Wildman–Crippen LogP) is 3.61. The van der Waals surface area contributed by atoms with E-state index in [2.05, 4.69) is 26.4 Å². The summed E-state index contributed by atoms with van der Waals surface area (Å²) in [6, 6.07) is 7.21. The Morgan fingerprint density at radius 2 is 1.83 bits per heavy atom. The molecule has 1 aromatic carbocycles. The van der Waals surface area contributed by atoms with Gasteiger partial charge in [-0.3, -0.25) is 9.59 Å². The molecule has 5 nitrogen and oxygen atoms in total. The summed E-state index contributed by atoms with van der Waals surface area (Å²) in [7, 11) is 0. The van der Waals surface area contributed by atoms with Crippen molar-refractivity contribution in [3.63, 3.8) is 0 Å². The summed E-state index contributed by atoms with van der Waals surface area (Å²) in [4.78, 5) is 25.9. The Balaban J connectivity index is 2.02. The first-order valence-corrected chi connectivity index (χ1v) is 8.34. The number of Topliss-reactive ketones (excluding diaryl/α,β-unsaturated/α-hetero) is 1. The summed E-state index contributed by atoms with van der Waals surface area (Å²) in [5.41, 5.74) is -1.62. The standard InChI is InChI=1S/C17H19BrN2O3/c1-15(2)16(3)8-9-17(15,13(21)12(16)20-23)14(22)19-11-6-4-10(18)5-7-11/h4-7,23H,8-9H2,1-3H3,(H,19,22). The minimum absolute atomic E-state index is 0.125. The summed E-state index contributed by atoms with van der Waals surface area (Å²) in [5, 5.41) is 15.4. The van der Waals surface area contributed by atoms with Crippen molar-refractivity contribution in [1.29, 1.82) is 0 Å². The molecule has 1 amide bonds. The maximum atomic E-state index is 13.0. The third-order valence-electron chi connectivity index (χ3n) is 6.16. The zero-order valence-electron chi connectivity index (χ0n) is 13.3. The highest BCUT2D eigenvalue weighted by Crippen LogP contribution is 2.69. The predicted molar refractivity (Wildman–Crippen MR) is 90.6 cm³/mol. The normalized spacial score (nSPS) is 33.2. The lowest BCUT2D eigenvalue weighted by Gasteiger charge is -2.37. The lowest BCUT2D eigenvalue weighted by molar-refractivity contribution is -0.140. The quantitative estimate of drug-likeness (QED) is 0.468. The highest BCUT2D eigenvalue weighted by molar-refractivity contribution is 9.10. The number of nitrogens with zero attached hydrogens (tertiary/aromatic N) is 1. The van der Waals surface area contributed by atoms with Gasteiger partial charge in [-0.25, -0.2) is 0 Å². The number of carbonyl (C=O) groups is 2. The van der Waals surface area contributed by atoms with Crippen LogP contribution in [-0.2, 0) is 9.59 Å². The van der Waals surface area contributed by atoms with Crippen molar-refractivity contribution < 1.29 is 14.8 Å². The number of halogens is 1. The van der Waals surface area contributed by atoms with Gasteiger partial charge in [-0.15, -0.1) is 0 Å². The SMILES string of the molecule is CC12CCC(C(=O)Nc3ccc(Br)cc3)(C(=O)C1=NO)C2(C)C. The van der Waals surface area contributed by atoms with Gasteiger partial charge in [0.25, 0.3) is 0 Å². The van der Waals surface area contributed by atoms with Crippen LogP contribution in [0.5, 0.6) is 0 Å². The van der Waals surface area contributed by atoms with E-state index in [0.717, 1.165) is 4.47 Å². The number of carbonyl (C=O) groups excluding carboxylic acids is 2. The molecule has 2 bridgehead atoms. The summed E-state index contributed by atoms with van der Waals surface area (Å²) in [6.07, 6.45) is 1.12. The van der Waals surface area contributed by atoms with Crippen molar-refractivity contribution in [2.24, 2.45) is 21.4 Å². The zero-order chi connectivity index (χ0) is 17.0. The van der Waals surface area contributed by atoms with Crippen LogP contribution in [0.1, 0.15) is 33.6 Å². The monoisotopic (exact) mass is 378 g/mol. The van der Waals surface area contributed by atoms with E-state index in [9.17, 15) is 14.8 Å². The van der Waals surface area contributed by atoms with Gasteiger partial charge in [0.1, 0.15) is 11.1 Å². The number of amides is 1. The fraction of sp³-hybridized carbons (Fsp3) is 0.471. The number of benzene rings is 1. The van der Waals surface area contributed by atoms with E-state index in [4.69, 9.17) is 0 Å². The second-order valence-electron chi connectivity index (χ2n) is 7.10. The van der Waals surface area contributed by atoms with Crippen LogP contribution >= 0.6 is 15.9 Å². The molecule has 0 aromatic heterocycles. The minimum atomic E-state index is -1.18. The van der Waals surface area contributed by atoms with Crippen molar-refractivity contribution in [2.45, 2.75) is 33.6 Å². The van der Waals surface area contributed by atoms with Gasteiger partial charge in [0.05, 0.1) is 0 Å². The molecule has 23 heavy (non-hydrogen) atoms. The molecule has 0 radical (unpaired) electrons. The van der Waals surface area contributed by atoms with Crippen molar-refractivity contribution in [3.8, 4) is 0 Å². The smallest absolute Gasteiger partial charge is 0.239 e. The first-order chi connectivity index (χ1) is 10.7. The molecule has 0 spiro atoms. The molecule has 0 saturated heterocycles. The molecule has 2 fully saturated rings. The van der Waals surface area contributed by atoms with E-state index in [1.807, 2.05) is 32.9 Å². The molecule has 122 valence electrons. The van der Waals surface area contributed by atoms with Gasteiger partial charge in [0.15, 0.2) is 5.78 Å². The van der Waals surface area contributed by atoms with Crippen LogP contribution in [0, 0.1) is 16.2 Å². The molecule has 6 heteroatoms. The van der Waals surface area contributed by atoms with Gasteiger partial charge in [-0.2, -0.15) is 0 Å². The van der Waals surface area contributed by atoms with Crippen LogP contribution < -0.4 is 5.32 Å². The van der Waals surface area contributed by atoms with Crippen molar-refractivity contribution in [3.05, 3.63) is 28.7 Å². The van der Waals surface area contributed by atoms with Crippen LogP contribution in [0.25, 0.3) is 0 Å². The number of hydrogen-bond acceptors (Lipinski definition) is 4. The van der Waals surface area contributed by atoms with Crippen LogP contribution in [0.3, 0.4) is 0 Å². The average molecular weight is 379 g/mol. The van der Waals surface area contributed by atoms with E-state index in [0.29, 0.717) is 18.5 Å². The molecule has 2 saturated carbocycles. The lowest BCUT2D eigenvalue weighted by Crippen LogP contribution is -2.47. The van der Waals surface area contributed by atoms with E-state index in [1.54, 1.807) is 12.1 Å². The van der Waals surface area contributed by atoms with Gasteiger partial charge in [0.2, 0.25) is 5.91 Å². The molecule has 0 aliphatic heterocycles. The maximum Gasteiger partial charge on any atom is 0.239 e. The third kappa shape index (κ3) is 1.81. The van der Waals surface area contributed by atoms with Crippen molar-refractivity contribution >= 4 is 39.0 Å². The van der Waals surface area contributed by atoms with Gasteiger partial charge in [-0.05, 0) is 42.5 Å². The zero-order valence-corrected chi connectivity index (χ0v) is 14.9. The highest BCUT2D eigenvalue weighted by atomic mass is 79.9. The Labute approximate surface area is 143 Å². The van der Waals surface area contributed by atoms with Crippen LogP contribution in [0.15, 0.2) is 33.9 Å². The number of anilines is 1. The molecule has 2 aliphatic rings. The summed E-state index contributed by atoms with van der Waals surface area (Å²) >= 11 is 3.35. The Kier molecular flexibility index (Phi) is 3.45. The van der Waals surface area contributed by atoms with Gasteiger partial charge in [0, 0.05) is 15.6 Å². The molecule has 0 heterocycles. The number of ketones is 1. The Hall–Kier alpha value is -1.69. The second-order valence-corrected chi connectivity index (χ2v) is 8.02. The van der Waals surface area contributed by atoms with E-state index in [1.165, 1.54) is 0 Å². The number of fused-ring (bicyclic) bond motifs is 2. The van der Waals surface area contributed by atoms with E-state index in [-0.39, 0.29) is 17.4 Å². The number of oxime groups is 1.